The second kappa shape index (κ2) is 40.7. The predicted octanol–water partition coefficient (Wildman–Crippen LogP) is 19.2. The highest BCUT2D eigenvalue weighted by Crippen LogP contribution is 2.37. The molecule has 19 heteroatoms. The van der Waals surface area contributed by atoms with E-state index >= 15 is 0 Å². The maximum atomic E-state index is 11.0. The van der Waals surface area contributed by atoms with Crippen molar-refractivity contribution in [3.8, 4) is 34.4 Å². The number of nitrogens with one attached hydrogen (secondary N) is 3. The van der Waals surface area contributed by atoms with Crippen molar-refractivity contribution in [2.75, 3.05) is 25.8 Å². The molecular formula is C84H103N12O6P. The maximum absolute atomic E-state index is 11.0. The zero-order valence-corrected chi connectivity index (χ0v) is 61.6. The van der Waals surface area contributed by atoms with Crippen molar-refractivity contribution in [2.45, 2.75) is 188 Å². The van der Waals surface area contributed by atoms with Gasteiger partial charge in [0.25, 0.3) is 0 Å². The van der Waals surface area contributed by atoms with Crippen LogP contribution in [0.5, 0.6) is 0 Å². The molecule has 0 radical (unpaired) electrons. The number of pyridine rings is 3. The molecule has 18 nitrogen and oxygen atoms in total. The molecule has 0 aliphatic heterocycles. The third-order valence-corrected chi connectivity index (χ3v) is 19.7. The molecule has 540 valence electrons. The fraction of sp³-hybridized carbons (Fsp3) is 0.393. The second-order valence-corrected chi connectivity index (χ2v) is 28.5. The Hall–Kier alpha value is -9.00. The molecule has 6 aromatic carbocycles. The summed E-state index contributed by atoms with van der Waals surface area (Å²) in [6, 6.07) is 56.3. The molecule has 6 heterocycles. The van der Waals surface area contributed by atoms with Crippen LogP contribution in [0.2, 0.25) is 0 Å². The van der Waals surface area contributed by atoms with Crippen LogP contribution in [0.15, 0.2) is 196 Å². The largest absolute Gasteiger partial charge is 0.421 e. The minimum absolute atomic E-state index is 0.124. The SMILES string of the molecule is CCCCC(Cc1nnc(-c2ccc(CNCCCP(=O)(O)O)c3ncccc23)o1)c1ccccc1.CCCCCC(Cc1nnc(-c2ccc(CNCCC)c3ncccc23)o1)c1ccccc1.CCCCCC(Cc1nnc(-c2ccc(CNCCCC)c3ncccc23)o1)c1ccccc1. The van der Waals surface area contributed by atoms with Gasteiger partial charge in [0.05, 0.1) is 22.7 Å². The normalized spacial score (nSPS) is 12.5. The average Bonchev–Trinajstić information content (AvgIpc) is 1.79. The fourth-order valence-electron chi connectivity index (χ4n) is 13.3. The van der Waals surface area contributed by atoms with Crippen LogP contribution in [0.4, 0.5) is 0 Å². The zero-order valence-electron chi connectivity index (χ0n) is 60.7. The first-order valence-corrected chi connectivity index (χ1v) is 39.2. The highest BCUT2D eigenvalue weighted by atomic mass is 31.2. The van der Waals surface area contributed by atoms with Crippen LogP contribution in [-0.4, -0.2) is 81.1 Å². The van der Waals surface area contributed by atoms with E-state index in [1.807, 2.05) is 54.9 Å². The predicted molar refractivity (Wildman–Crippen MR) is 413 cm³/mol. The van der Waals surface area contributed by atoms with E-state index in [1.54, 1.807) is 6.20 Å². The van der Waals surface area contributed by atoms with E-state index < -0.39 is 7.60 Å². The lowest BCUT2D eigenvalue weighted by molar-refractivity contribution is 0.371. The molecule has 0 aliphatic carbocycles. The number of rotatable bonds is 38. The summed E-state index contributed by atoms with van der Waals surface area (Å²) in [5.41, 5.74) is 12.9. The van der Waals surface area contributed by atoms with Crippen LogP contribution < -0.4 is 16.0 Å². The van der Waals surface area contributed by atoms with Crippen molar-refractivity contribution in [1.29, 1.82) is 0 Å². The molecule has 12 aromatic rings. The highest BCUT2D eigenvalue weighted by molar-refractivity contribution is 7.51. The Bertz CT molecular complexity index is 4510. The van der Waals surface area contributed by atoms with Crippen molar-refractivity contribution < 1.29 is 27.6 Å². The molecule has 0 fully saturated rings. The molecule has 6 aromatic heterocycles. The summed E-state index contributed by atoms with van der Waals surface area (Å²) >= 11 is 0. The summed E-state index contributed by atoms with van der Waals surface area (Å²) in [6.45, 7) is 15.7. The smallest absolute Gasteiger partial charge is 0.325 e. The second-order valence-electron chi connectivity index (χ2n) is 26.7. The van der Waals surface area contributed by atoms with Gasteiger partial charge in [-0.3, -0.25) is 19.5 Å². The van der Waals surface area contributed by atoms with Crippen LogP contribution >= 0.6 is 7.60 Å². The monoisotopic (exact) mass is 1410 g/mol. The van der Waals surface area contributed by atoms with Crippen molar-refractivity contribution >= 4 is 40.3 Å². The maximum Gasteiger partial charge on any atom is 0.325 e. The number of benzene rings is 6. The quantitative estimate of drug-likeness (QED) is 0.0178. The van der Waals surface area contributed by atoms with E-state index in [-0.39, 0.29) is 6.16 Å². The van der Waals surface area contributed by atoms with Crippen molar-refractivity contribution in [3.63, 3.8) is 0 Å². The van der Waals surface area contributed by atoms with E-state index in [4.69, 9.17) is 23.0 Å². The Labute approximate surface area is 607 Å². The zero-order chi connectivity index (χ0) is 71.9. The molecule has 0 spiro atoms. The van der Waals surface area contributed by atoms with Crippen molar-refractivity contribution in [1.82, 2.24) is 61.5 Å². The summed E-state index contributed by atoms with van der Waals surface area (Å²) in [5, 5.41) is 39.7. The van der Waals surface area contributed by atoms with Crippen molar-refractivity contribution in [2.24, 2.45) is 0 Å². The minimum Gasteiger partial charge on any atom is -0.421 e. The van der Waals surface area contributed by atoms with E-state index in [1.165, 1.54) is 79.2 Å². The molecule has 0 saturated heterocycles. The van der Waals surface area contributed by atoms with E-state index in [0.717, 1.165) is 133 Å². The summed E-state index contributed by atoms with van der Waals surface area (Å²) < 4.78 is 29.6. The Morgan fingerprint density at radius 3 is 1.04 bits per heavy atom. The van der Waals surface area contributed by atoms with E-state index in [0.29, 0.717) is 79.0 Å². The van der Waals surface area contributed by atoms with Crippen LogP contribution in [-0.2, 0) is 43.5 Å². The number of hydrogen-bond donors (Lipinski definition) is 5. The molecule has 3 unspecified atom stereocenters. The Kier molecular flexibility index (Phi) is 30.3. The number of fused-ring (bicyclic) bond motifs is 3. The van der Waals surface area contributed by atoms with Gasteiger partial charge in [-0.05, 0) is 146 Å². The van der Waals surface area contributed by atoms with Gasteiger partial charge < -0.3 is 39.0 Å². The number of aromatic nitrogens is 9. The van der Waals surface area contributed by atoms with Gasteiger partial charge in [-0.25, -0.2) is 0 Å². The van der Waals surface area contributed by atoms with E-state index in [2.05, 4.69) is 217 Å². The van der Waals surface area contributed by atoms with Gasteiger partial charge in [0.15, 0.2) is 0 Å². The van der Waals surface area contributed by atoms with Gasteiger partial charge in [0, 0.05) is 90.3 Å². The molecule has 0 saturated carbocycles. The number of nitrogens with zero attached hydrogens (tertiary/aromatic N) is 9. The first kappa shape index (κ1) is 76.6. The van der Waals surface area contributed by atoms with Crippen LogP contribution in [0.3, 0.4) is 0 Å². The van der Waals surface area contributed by atoms with Crippen LogP contribution in [0.1, 0.15) is 200 Å². The molecule has 0 bridgehead atoms. The van der Waals surface area contributed by atoms with Crippen molar-refractivity contribution in [3.05, 3.63) is 233 Å². The summed E-state index contributed by atoms with van der Waals surface area (Å²) in [6.07, 6.45) is 24.4. The Morgan fingerprint density at radius 2 is 0.699 bits per heavy atom. The average molecular weight is 1410 g/mol. The third kappa shape index (κ3) is 22.7. The van der Waals surface area contributed by atoms with Gasteiger partial charge in [-0.15, -0.1) is 30.6 Å². The topological polar surface area (TPSA) is 249 Å². The molecule has 3 atom stereocenters. The first-order valence-electron chi connectivity index (χ1n) is 37.4. The molecule has 5 N–H and O–H groups in total. The molecule has 103 heavy (non-hydrogen) atoms. The lowest BCUT2D eigenvalue weighted by atomic mass is 9.90. The minimum atomic E-state index is -3.96. The van der Waals surface area contributed by atoms with Crippen LogP contribution in [0.25, 0.3) is 67.1 Å². The van der Waals surface area contributed by atoms with E-state index in [9.17, 15) is 4.57 Å². The Morgan fingerprint density at radius 1 is 0.359 bits per heavy atom. The van der Waals surface area contributed by atoms with Gasteiger partial charge in [-0.2, -0.15) is 0 Å². The van der Waals surface area contributed by atoms with Gasteiger partial charge in [-0.1, -0.05) is 220 Å². The molecule has 0 aliphatic rings. The van der Waals surface area contributed by atoms with Crippen LogP contribution in [0, 0.1) is 0 Å². The lowest BCUT2D eigenvalue weighted by Gasteiger charge is -2.15. The standard InChI is InChI=1S/C29H36N4O.C28H34N4O.C27H33N4O4P/c1-3-5-8-14-23(22-12-9-7-10-13-22)20-27-32-33-29(34-27)26-17-16-24(21-30-18-6-4-2)28-25(26)15-11-19-31-28;1-3-5-7-13-22(21-11-8-6-9-12-21)19-26-31-32-28(33-26)25-16-15-23(20-29-17-4-2)27-24(25)14-10-18-30-27;1-2-3-9-21(20-10-5-4-6-11-20)18-25-30-31-27(35-25)24-14-13-22(26-23(24)12-7-16-29-26)19-28-15-8-17-36(32,33)34/h7,9-13,15-17,19,23,30H,3-6,8,14,18,20-21H2,1-2H3;6,8-12,14-16,18,22,29H,3-5,7,13,17,19-20H2,1-2H3;4-7,10-14,16,21,28H,2-3,8-9,15,17-19H2,1H3,(H2,32,33,34). The molecule has 12 rings (SSSR count). The Balaban J connectivity index is 0.000000166. The number of hydrogen-bond acceptors (Lipinski definition) is 16. The summed E-state index contributed by atoms with van der Waals surface area (Å²) in [7, 11) is -3.96. The fourth-order valence-corrected chi connectivity index (χ4v) is 13.8. The summed E-state index contributed by atoms with van der Waals surface area (Å²) in [4.78, 5) is 31.9. The lowest BCUT2D eigenvalue weighted by Crippen LogP contribution is -2.16. The van der Waals surface area contributed by atoms with Gasteiger partial charge in [0.2, 0.25) is 35.3 Å². The van der Waals surface area contributed by atoms with Gasteiger partial charge >= 0.3 is 7.60 Å². The summed E-state index contributed by atoms with van der Waals surface area (Å²) in [5.74, 6) is 4.73. The third-order valence-electron chi connectivity index (χ3n) is 18.8. The first-order chi connectivity index (χ1) is 50.5. The molecular weight excluding hydrogens is 1300 g/mol. The number of unbranched alkanes of at least 4 members (excludes halogenated alkanes) is 6. The molecule has 0 amide bonds. The highest BCUT2D eigenvalue weighted by Gasteiger charge is 2.23. The van der Waals surface area contributed by atoms with Gasteiger partial charge in [0.1, 0.15) is 0 Å².